The number of alkyl halides is 1. The Morgan fingerprint density at radius 3 is 2.56 bits per heavy atom. The zero-order chi connectivity index (χ0) is 12.1. The van der Waals surface area contributed by atoms with Gasteiger partial charge in [-0.1, -0.05) is 22.9 Å². The van der Waals surface area contributed by atoms with Gasteiger partial charge in [0, 0.05) is 17.7 Å². The molecule has 0 radical (unpaired) electrons. The van der Waals surface area contributed by atoms with Crippen molar-refractivity contribution in [3.8, 4) is 0 Å². The van der Waals surface area contributed by atoms with Crippen molar-refractivity contribution in [2.75, 3.05) is 10.6 Å². The SMILES string of the molecule is CCC(=O)Nc1ccc(C(=O)CBr)cc1C. The van der Waals surface area contributed by atoms with Gasteiger partial charge in [0.2, 0.25) is 5.91 Å². The number of aryl methyl sites for hydroxylation is 1. The molecule has 0 saturated carbocycles. The van der Waals surface area contributed by atoms with Crippen molar-refractivity contribution in [1.29, 1.82) is 0 Å². The predicted octanol–water partition coefficient (Wildman–Crippen LogP) is 2.92. The first-order valence-electron chi connectivity index (χ1n) is 5.08. The van der Waals surface area contributed by atoms with E-state index < -0.39 is 0 Å². The monoisotopic (exact) mass is 283 g/mol. The van der Waals surface area contributed by atoms with Crippen LogP contribution in [0.2, 0.25) is 0 Å². The first-order valence-corrected chi connectivity index (χ1v) is 6.20. The van der Waals surface area contributed by atoms with Gasteiger partial charge in [0.05, 0.1) is 5.33 Å². The minimum atomic E-state index is -0.0253. The average molecular weight is 284 g/mol. The minimum absolute atomic E-state index is 0.0253. The fourth-order valence-electron chi connectivity index (χ4n) is 1.29. The summed E-state index contributed by atoms with van der Waals surface area (Å²) in [4.78, 5) is 22.6. The molecule has 1 aromatic carbocycles. The highest BCUT2D eigenvalue weighted by Gasteiger charge is 2.07. The zero-order valence-corrected chi connectivity index (χ0v) is 10.9. The topological polar surface area (TPSA) is 46.2 Å². The van der Waals surface area contributed by atoms with E-state index in [1.807, 2.05) is 6.92 Å². The molecule has 4 heteroatoms. The molecule has 0 fully saturated rings. The van der Waals surface area contributed by atoms with Crippen LogP contribution in [0.4, 0.5) is 5.69 Å². The highest BCUT2D eigenvalue weighted by atomic mass is 79.9. The standard InChI is InChI=1S/C12H14BrNO2/c1-3-12(16)14-10-5-4-9(6-8(10)2)11(15)7-13/h4-6H,3,7H2,1-2H3,(H,14,16). The lowest BCUT2D eigenvalue weighted by Gasteiger charge is -2.08. The van der Waals surface area contributed by atoms with Gasteiger partial charge in [-0.3, -0.25) is 9.59 Å². The number of nitrogens with one attached hydrogen (secondary N) is 1. The summed E-state index contributed by atoms with van der Waals surface area (Å²) in [5, 5.41) is 3.09. The zero-order valence-electron chi connectivity index (χ0n) is 9.34. The third-order valence-electron chi connectivity index (χ3n) is 2.26. The van der Waals surface area contributed by atoms with Gasteiger partial charge < -0.3 is 5.32 Å². The van der Waals surface area contributed by atoms with E-state index in [1.54, 1.807) is 25.1 Å². The van der Waals surface area contributed by atoms with Crippen LogP contribution in [-0.2, 0) is 4.79 Å². The smallest absolute Gasteiger partial charge is 0.224 e. The van der Waals surface area contributed by atoms with Gasteiger partial charge in [-0.15, -0.1) is 0 Å². The maximum Gasteiger partial charge on any atom is 0.224 e. The Kier molecular flexibility index (Phi) is 4.68. The molecule has 1 N–H and O–H groups in total. The molecule has 0 saturated heterocycles. The van der Waals surface area contributed by atoms with Crippen LogP contribution >= 0.6 is 15.9 Å². The van der Waals surface area contributed by atoms with E-state index in [0.717, 1.165) is 11.3 Å². The second kappa shape index (κ2) is 5.80. The van der Waals surface area contributed by atoms with E-state index >= 15 is 0 Å². The van der Waals surface area contributed by atoms with Gasteiger partial charge >= 0.3 is 0 Å². The lowest BCUT2D eigenvalue weighted by Crippen LogP contribution is -2.11. The van der Waals surface area contributed by atoms with Crippen molar-refractivity contribution in [1.82, 2.24) is 0 Å². The van der Waals surface area contributed by atoms with Gasteiger partial charge in [-0.25, -0.2) is 0 Å². The fourth-order valence-corrected chi connectivity index (χ4v) is 1.62. The molecule has 0 heterocycles. The molecule has 16 heavy (non-hydrogen) atoms. The molecule has 0 aliphatic heterocycles. The number of ketones is 1. The second-order valence-corrected chi connectivity index (χ2v) is 4.05. The van der Waals surface area contributed by atoms with Crippen molar-refractivity contribution in [3.63, 3.8) is 0 Å². The van der Waals surface area contributed by atoms with E-state index in [2.05, 4.69) is 21.2 Å². The Balaban J connectivity index is 2.91. The molecule has 0 aromatic heterocycles. The Morgan fingerprint density at radius 1 is 1.38 bits per heavy atom. The lowest BCUT2D eigenvalue weighted by atomic mass is 10.1. The number of carbonyl (C=O) groups is 2. The molecular formula is C12H14BrNO2. The fraction of sp³-hybridized carbons (Fsp3) is 0.333. The maximum atomic E-state index is 11.4. The summed E-state index contributed by atoms with van der Waals surface area (Å²) >= 11 is 3.13. The molecule has 0 aliphatic carbocycles. The third kappa shape index (κ3) is 3.17. The van der Waals surface area contributed by atoms with Crippen LogP contribution in [0.5, 0.6) is 0 Å². The van der Waals surface area contributed by atoms with Crippen molar-refractivity contribution in [2.24, 2.45) is 0 Å². The largest absolute Gasteiger partial charge is 0.326 e. The highest BCUT2D eigenvalue weighted by molar-refractivity contribution is 9.09. The van der Waals surface area contributed by atoms with Crippen LogP contribution in [0.1, 0.15) is 29.3 Å². The number of Topliss-reactive ketones (excluding diaryl/α,β-unsaturated/α-hetero) is 1. The first kappa shape index (κ1) is 12.9. The molecule has 1 aromatic rings. The molecule has 0 unspecified atom stereocenters. The van der Waals surface area contributed by atoms with Gasteiger partial charge in [0.15, 0.2) is 5.78 Å². The molecule has 0 atom stereocenters. The molecule has 1 rings (SSSR count). The number of rotatable bonds is 4. The van der Waals surface area contributed by atoms with Gasteiger partial charge in [-0.2, -0.15) is 0 Å². The lowest BCUT2D eigenvalue weighted by molar-refractivity contribution is -0.115. The summed E-state index contributed by atoms with van der Waals surface area (Å²) in [6.45, 7) is 3.67. The summed E-state index contributed by atoms with van der Waals surface area (Å²) in [5.41, 5.74) is 2.32. The van der Waals surface area contributed by atoms with Gasteiger partial charge in [0.25, 0.3) is 0 Å². The molecule has 3 nitrogen and oxygen atoms in total. The minimum Gasteiger partial charge on any atom is -0.326 e. The van der Waals surface area contributed by atoms with E-state index in [1.165, 1.54) is 0 Å². The van der Waals surface area contributed by atoms with E-state index in [-0.39, 0.29) is 11.7 Å². The Morgan fingerprint density at radius 2 is 2.06 bits per heavy atom. The molecule has 86 valence electrons. The predicted molar refractivity (Wildman–Crippen MR) is 68.2 cm³/mol. The Hall–Kier alpha value is -1.16. The number of benzene rings is 1. The molecule has 0 aliphatic rings. The van der Waals surface area contributed by atoms with Crippen LogP contribution < -0.4 is 5.32 Å². The molecular weight excluding hydrogens is 270 g/mol. The quantitative estimate of drug-likeness (QED) is 0.682. The van der Waals surface area contributed by atoms with Crippen LogP contribution in [0, 0.1) is 6.92 Å². The van der Waals surface area contributed by atoms with Crippen LogP contribution in [0.3, 0.4) is 0 Å². The number of halogens is 1. The van der Waals surface area contributed by atoms with Crippen molar-refractivity contribution >= 4 is 33.3 Å². The Bertz CT molecular complexity index is 415. The van der Waals surface area contributed by atoms with Crippen LogP contribution in [-0.4, -0.2) is 17.0 Å². The van der Waals surface area contributed by atoms with E-state index in [0.29, 0.717) is 17.3 Å². The number of hydrogen-bond acceptors (Lipinski definition) is 2. The number of carbonyl (C=O) groups excluding carboxylic acids is 2. The molecule has 0 bridgehead atoms. The summed E-state index contributed by atoms with van der Waals surface area (Å²) in [7, 11) is 0. The average Bonchev–Trinajstić information content (AvgIpc) is 2.30. The maximum absolute atomic E-state index is 11.4. The van der Waals surface area contributed by atoms with E-state index in [4.69, 9.17) is 0 Å². The van der Waals surface area contributed by atoms with Gasteiger partial charge in [-0.05, 0) is 30.7 Å². The second-order valence-electron chi connectivity index (χ2n) is 3.49. The van der Waals surface area contributed by atoms with Crippen molar-refractivity contribution in [2.45, 2.75) is 20.3 Å². The highest BCUT2D eigenvalue weighted by Crippen LogP contribution is 2.17. The van der Waals surface area contributed by atoms with Crippen LogP contribution in [0.15, 0.2) is 18.2 Å². The summed E-state index contributed by atoms with van der Waals surface area (Å²) < 4.78 is 0. The van der Waals surface area contributed by atoms with E-state index in [9.17, 15) is 9.59 Å². The molecule has 1 amide bonds. The van der Waals surface area contributed by atoms with Crippen molar-refractivity contribution in [3.05, 3.63) is 29.3 Å². The van der Waals surface area contributed by atoms with Gasteiger partial charge in [0.1, 0.15) is 0 Å². The normalized spacial score (nSPS) is 9.94. The summed E-state index contributed by atoms with van der Waals surface area (Å²) in [6, 6.07) is 5.27. The van der Waals surface area contributed by atoms with Crippen LogP contribution in [0.25, 0.3) is 0 Å². The summed E-state index contributed by atoms with van der Waals surface area (Å²) in [6.07, 6.45) is 0.446. The third-order valence-corrected chi connectivity index (χ3v) is 2.77. The first-order chi connectivity index (χ1) is 7.58. The number of anilines is 1. The Labute approximate surface area is 103 Å². The van der Waals surface area contributed by atoms with Crippen molar-refractivity contribution < 1.29 is 9.59 Å². The number of hydrogen-bond donors (Lipinski definition) is 1. The molecule has 0 spiro atoms. The summed E-state index contributed by atoms with van der Waals surface area (Å²) in [5.74, 6) is 0.0131. The number of amides is 1.